The zero-order valence-electron chi connectivity index (χ0n) is 5.18. The maximum atomic E-state index is 4.15. The summed E-state index contributed by atoms with van der Waals surface area (Å²) in [7, 11) is 1.89. The lowest BCUT2D eigenvalue weighted by Crippen LogP contribution is -2.07. The van der Waals surface area contributed by atoms with Crippen molar-refractivity contribution in [3.63, 3.8) is 0 Å². The van der Waals surface area contributed by atoms with E-state index in [4.69, 9.17) is 0 Å². The van der Waals surface area contributed by atoms with Gasteiger partial charge in [-0.05, 0) is 24.3 Å². The SMILES string of the molecule is CN=C1CCSCC1. The fraction of sp³-hybridized carbons (Fsp3) is 0.833. The predicted molar refractivity (Wildman–Crippen MR) is 39.9 cm³/mol. The molecule has 0 radical (unpaired) electrons. The molecule has 0 aromatic heterocycles. The van der Waals surface area contributed by atoms with Crippen LogP contribution in [0.2, 0.25) is 0 Å². The molecule has 0 unspecified atom stereocenters. The van der Waals surface area contributed by atoms with Crippen LogP contribution in [0.3, 0.4) is 0 Å². The third-order valence-electron chi connectivity index (χ3n) is 1.39. The van der Waals surface area contributed by atoms with Crippen LogP contribution in [0.15, 0.2) is 4.99 Å². The number of nitrogens with zero attached hydrogens (tertiary/aromatic N) is 1. The van der Waals surface area contributed by atoms with E-state index in [2.05, 4.69) is 4.99 Å². The molecule has 1 aliphatic rings. The molecule has 1 rings (SSSR count). The number of hydrogen-bond donors (Lipinski definition) is 0. The first-order valence-corrected chi connectivity index (χ1v) is 4.11. The molecule has 1 saturated heterocycles. The van der Waals surface area contributed by atoms with Gasteiger partial charge in [-0.25, -0.2) is 0 Å². The molecule has 8 heavy (non-hydrogen) atoms. The molecule has 1 aliphatic heterocycles. The maximum Gasteiger partial charge on any atom is 0.0276 e. The van der Waals surface area contributed by atoms with E-state index in [0.717, 1.165) is 0 Å². The topological polar surface area (TPSA) is 12.4 Å². The molecule has 1 nitrogen and oxygen atoms in total. The summed E-state index contributed by atoms with van der Waals surface area (Å²) >= 11 is 2.03. The van der Waals surface area contributed by atoms with Crippen molar-refractivity contribution in [2.45, 2.75) is 12.8 Å². The minimum atomic E-state index is 1.22. The lowest BCUT2D eigenvalue weighted by Gasteiger charge is -2.10. The summed E-state index contributed by atoms with van der Waals surface area (Å²) in [5.74, 6) is 2.57. The molecule has 1 fully saturated rings. The first kappa shape index (κ1) is 6.14. The van der Waals surface area contributed by atoms with Crippen LogP contribution in [0.1, 0.15) is 12.8 Å². The number of rotatable bonds is 0. The lowest BCUT2D eigenvalue weighted by molar-refractivity contribution is 1.12. The summed E-state index contributed by atoms with van der Waals surface area (Å²) in [5, 5.41) is 0. The molecule has 0 atom stereocenters. The standard InChI is InChI=1S/C6H11NS/c1-7-6-2-4-8-5-3-6/h2-5H2,1H3. The van der Waals surface area contributed by atoms with Gasteiger partial charge in [0.1, 0.15) is 0 Å². The van der Waals surface area contributed by atoms with Crippen LogP contribution in [-0.2, 0) is 0 Å². The zero-order valence-corrected chi connectivity index (χ0v) is 6.00. The summed E-state index contributed by atoms with van der Waals surface area (Å²) in [6.45, 7) is 0. The van der Waals surface area contributed by atoms with Crippen molar-refractivity contribution < 1.29 is 0 Å². The first-order chi connectivity index (χ1) is 3.93. The monoisotopic (exact) mass is 129 g/mol. The molecule has 2 heteroatoms. The molecule has 0 aromatic carbocycles. The fourth-order valence-electron chi connectivity index (χ4n) is 0.831. The van der Waals surface area contributed by atoms with Gasteiger partial charge in [-0.3, -0.25) is 4.99 Å². The van der Waals surface area contributed by atoms with Gasteiger partial charge in [0.2, 0.25) is 0 Å². The van der Waals surface area contributed by atoms with Crippen molar-refractivity contribution in [1.29, 1.82) is 0 Å². The van der Waals surface area contributed by atoms with E-state index >= 15 is 0 Å². The van der Waals surface area contributed by atoms with Crippen molar-refractivity contribution in [2.24, 2.45) is 4.99 Å². The maximum absolute atomic E-state index is 4.15. The summed E-state index contributed by atoms with van der Waals surface area (Å²) in [6, 6.07) is 0. The Morgan fingerprint density at radius 3 is 2.38 bits per heavy atom. The highest BCUT2D eigenvalue weighted by Crippen LogP contribution is 2.13. The van der Waals surface area contributed by atoms with Crippen LogP contribution in [-0.4, -0.2) is 24.3 Å². The molecule has 0 spiro atoms. The van der Waals surface area contributed by atoms with Crippen LogP contribution in [0.4, 0.5) is 0 Å². The van der Waals surface area contributed by atoms with E-state index in [1.165, 1.54) is 30.1 Å². The average Bonchev–Trinajstić information content (AvgIpc) is 1.90. The summed E-state index contributed by atoms with van der Waals surface area (Å²) in [4.78, 5) is 4.15. The van der Waals surface area contributed by atoms with Gasteiger partial charge >= 0.3 is 0 Å². The molecule has 0 saturated carbocycles. The molecule has 0 bridgehead atoms. The molecule has 0 N–H and O–H groups in total. The van der Waals surface area contributed by atoms with Gasteiger partial charge in [0.05, 0.1) is 0 Å². The second kappa shape index (κ2) is 3.13. The van der Waals surface area contributed by atoms with Gasteiger partial charge in [0, 0.05) is 12.8 Å². The van der Waals surface area contributed by atoms with Gasteiger partial charge in [0.25, 0.3) is 0 Å². The zero-order chi connectivity index (χ0) is 5.82. The largest absolute Gasteiger partial charge is 0.297 e. The molecular weight excluding hydrogens is 118 g/mol. The number of hydrogen-bond acceptors (Lipinski definition) is 2. The number of aliphatic imine (C=N–C) groups is 1. The highest BCUT2D eigenvalue weighted by molar-refractivity contribution is 7.99. The first-order valence-electron chi connectivity index (χ1n) is 2.96. The van der Waals surface area contributed by atoms with E-state index < -0.39 is 0 Å². The summed E-state index contributed by atoms with van der Waals surface area (Å²) < 4.78 is 0. The molecule has 0 amide bonds. The Balaban J connectivity index is 2.33. The van der Waals surface area contributed by atoms with E-state index in [9.17, 15) is 0 Å². The number of thioether (sulfide) groups is 1. The Morgan fingerprint density at radius 2 is 2.00 bits per heavy atom. The van der Waals surface area contributed by atoms with Gasteiger partial charge < -0.3 is 0 Å². The highest BCUT2D eigenvalue weighted by atomic mass is 32.2. The van der Waals surface area contributed by atoms with Gasteiger partial charge in [-0.1, -0.05) is 0 Å². The molecule has 46 valence electrons. The Bertz CT molecular complexity index is 90.7. The van der Waals surface area contributed by atoms with E-state index in [1.54, 1.807) is 0 Å². The smallest absolute Gasteiger partial charge is 0.0276 e. The van der Waals surface area contributed by atoms with Crippen molar-refractivity contribution in [3.8, 4) is 0 Å². The summed E-state index contributed by atoms with van der Waals surface area (Å²) in [6.07, 6.45) is 2.45. The van der Waals surface area contributed by atoms with Crippen molar-refractivity contribution in [3.05, 3.63) is 0 Å². The van der Waals surface area contributed by atoms with Crippen LogP contribution >= 0.6 is 11.8 Å². The third-order valence-corrected chi connectivity index (χ3v) is 2.37. The van der Waals surface area contributed by atoms with Gasteiger partial charge in [-0.2, -0.15) is 11.8 Å². The van der Waals surface area contributed by atoms with E-state index in [1.807, 2.05) is 18.8 Å². The third kappa shape index (κ3) is 1.51. The summed E-state index contributed by atoms with van der Waals surface area (Å²) in [5.41, 5.74) is 1.41. The van der Waals surface area contributed by atoms with Gasteiger partial charge in [0.15, 0.2) is 0 Å². The average molecular weight is 129 g/mol. The van der Waals surface area contributed by atoms with Gasteiger partial charge in [-0.15, -0.1) is 0 Å². The van der Waals surface area contributed by atoms with Crippen LogP contribution in [0.25, 0.3) is 0 Å². The van der Waals surface area contributed by atoms with Crippen LogP contribution in [0.5, 0.6) is 0 Å². The van der Waals surface area contributed by atoms with Crippen molar-refractivity contribution >= 4 is 17.5 Å². The molecule has 1 heterocycles. The Kier molecular flexibility index (Phi) is 2.40. The second-order valence-electron chi connectivity index (χ2n) is 1.90. The van der Waals surface area contributed by atoms with E-state index in [-0.39, 0.29) is 0 Å². The Morgan fingerprint density at radius 1 is 1.38 bits per heavy atom. The molecule has 0 aromatic rings. The highest BCUT2D eigenvalue weighted by Gasteiger charge is 2.04. The van der Waals surface area contributed by atoms with Crippen LogP contribution in [0, 0.1) is 0 Å². The minimum absolute atomic E-state index is 1.22. The second-order valence-corrected chi connectivity index (χ2v) is 3.13. The normalized spacial score (nSPS) is 20.9. The van der Waals surface area contributed by atoms with Crippen molar-refractivity contribution in [1.82, 2.24) is 0 Å². The quantitative estimate of drug-likeness (QED) is 0.484. The molecular formula is C6H11NS. The lowest BCUT2D eigenvalue weighted by atomic mass is 10.2. The molecule has 0 aliphatic carbocycles. The van der Waals surface area contributed by atoms with Crippen LogP contribution < -0.4 is 0 Å². The fourth-order valence-corrected chi connectivity index (χ4v) is 1.79. The van der Waals surface area contributed by atoms with E-state index in [0.29, 0.717) is 0 Å². The Hall–Kier alpha value is 0.0200. The predicted octanol–water partition coefficient (Wildman–Crippen LogP) is 1.58. The Labute approximate surface area is 54.6 Å². The minimum Gasteiger partial charge on any atom is -0.297 e. The van der Waals surface area contributed by atoms with Crippen molar-refractivity contribution in [2.75, 3.05) is 18.6 Å².